The predicted octanol–water partition coefficient (Wildman–Crippen LogP) is 0.427. The first-order chi connectivity index (χ1) is 5.52. The van der Waals surface area contributed by atoms with Crippen LogP contribution in [0.5, 0.6) is 0 Å². The fourth-order valence-electron chi connectivity index (χ4n) is 0.460. The Kier molecular flexibility index (Phi) is 5.66. The van der Waals surface area contributed by atoms with Gasteiger partial charge in [-0.15, -0.1) is 0 Å². The van der Waals surface area contributed by atoms with Crippen molar-refractivity contribution in [2.45, 2.75) is 0 Å². The summed E-state index contributed by atoms with van der Waals surface area (Å²) >= 11 is 5.40. The molecule has 0 amide bonds. The summed E-state index contributed by atoms with van der Waals surface area (Å²) in [4.78, 5) is 0. The van der Waals surface area contributed by atoms with Crippen LogP contribution in [0.15, 0.2) is 24.3 Å². The van der Waals surface area contributed by atoms with Crippen LogP contribution in [-0.4, -0.2) is 22.4 Å². The van der Waals surface area contributed by atoms with Crippen LogP contribution in [0.3, 0.4) is 0 Å². The van der Waals surface area contributed by atoms with Crippen molar-refractivity contribution in [2.24, 2.45) is 0 Å². The summed E-state index contributed by atoms with van der Waals surface area (Å²) in [6.07, 6.45) is 0. The minimum Gasteiger partial charge on any atom is -0.402 e. The molecule has 0 aromatic heterocycles. The number of benzene rings is 1. The summed E-state index contributed by atoms with van der Waals surface area (Å²) in [6, 6.07) is 5.82. The molecule has 0 radical (unpaired) electrons. The lowest BCUT2D eigenvalue weighted by Crippen LogP contribution is -2.07. The first-order valence-corrected chi connectivity index (χ1v) is 3.35. The van der Waals surface area contributed by atoms with E-state index in [1.54, 1.807) is 12.1 Å². The molecule has 0 aliphatic carbocycles. The van der Waals surface area contributed by atoms with Crippen LogP contribution in [-0.2, 0) is 0 Å². The van der Waals surface area contributed by atoms with Gasteiger partial charge in [-0.2, -0.15) is 0 Å². The highest BCUT2D eigenvalue weighted by Gasteiger charge is 1.92. The summed E-state index contributed by atoms with van der Waals surface area (Å²) in [5.74, 6) is -0.294. The van der Waals surface area contributed by atoms with Gasteiger partial charge >= 0.3 is 7.32 Å². The van der Waals surface area contributed by atoms with Crippen LogP contribution in [0.4, 0.5) is 4.39 Å². The SMILES string of the molecule is Fc1cccc(Cl)c1.OB(O)O. The zero-order valence-electron chi connectivity index (χ0n) is 5.98. The van der Waals surface area contributed by atoms with Crippen molar-refractivity contribution >= 4 is 18.9 Å². The lowest BCUT2D eigenvalue weighted by molar-refractivity contribution is 0.278. The zero-order chi connectivity index (χ0) is 9.56. The fraction of sp³-hybridized carbons (Fsp3) is 0. The summed E-state index contributed by atoms with van der Waals surface area (Å²) < 4.78 is 12.1. The van der Waals surface area contributed by atoms with Crippen LogP contribution >= 0.6 is 11.6 Å². The smallest absolute Gasteiger partial charge is 0.402 e. The largest absolute Gasteiger partial charge is 0.631 e. The minimum atomic E-state index is -2.17. The Hall–Kier alpha value is -0.615. The molecule has 6 heteroatoms. The van der Waals surface area contributed by atoms with E-state index in [1.807, 2.05) is 0 Å². The Bertz CT molecular complexity index is 214. The van der Waals surface area contributed by atoms with Gasteiger partial charge in [0.15, 0.2) is 0 Å². The molecule has 1 aromatic carbocycles. The van der Waals surface area contributed by atoms with E-state index in [-0.39, 0.29) is 5.82 Å². The van der Waals surface area contributed by atoms with Gasteiger partial charge in [-0.25, -0.2) is 4.39 Å². The van der Waals surface area contributed by atoms with Crippen molar-refractivity contribution in [3.8, 4) is 0 Å². The standard InChI is InChI=1S/C6H4ClF.BH3O3/c7-5-2-1-3-6(8)4-5;2-1(3)4/h1-4H;2-4H. The van der Waals surface area contributed by atoms with E-state index in [0.717, 1.165) is 0 Å². The molecule has 0 saturated heterocycles. The lowest BCUT2D eigenvalue weighted by atomic mass is 10.3. The number of halogens is 2. The highest BCUT2D eigenvalue weighted by molar-refractivity contribution is 6.30. The third kappa shape index (κ3) is 7.49. The second kappa shape index (κ2) is 5.96. The molecule has 0 aliphatic heterocycles. The number of rotatable bonds is 0. The Morgan fingerprint density at radius 2 is 1.75 bits per heavy atom. The van der Waals surface area contributed by atoms with E-state index in [9.17, 15) is 4.39 Å². The molecular formula is C6H7BClFO3. The van der Waals surface area contributed by atoms with Crippen molar-refractivity contribution < 1.29 is 19.5 Å². The van der Waals surface area contributed by atoms with Gasteiger partial charge < -0.3 is 15.1 Å². The maximum absolute atomic E-state index is 12.1. The third-order valence-electron chi connectivity index (χ3n) is 0.787. The zero-order valence-corrected chi connectivity index (χ0v) is 6.74. The summed E-state index contributed by atoms with van der Waals surface area (Å²) in [7, 11) is -2.17. The van der Waals surface area contributed by atoms with Crippen LogP contribution in [0.1, 0.15) is 0 Å². The van der Waals surface area contributed by atoms with Gasteiger partial charge in [0, 0.05) is 5.02 Å². The maximum atomic E-state index is 12.1. The van der Waals surface area contributed by atoms with Gasteiger partial charge in [-0.3, -0.25) is 0 Å². The number of hydrogen-bond acceptors (Lipinski definition) is 3. The van der Waals surface area contributed by atoms with Gasteiger partial charge in [0.1, 0.15) is 5.82 Å². The van der Waals surface area contributed by atoms with Crippen molar-refractivity contribution in [2.75, 3.05) is 0 Å². The van der Waals surface area contributed by atoms with Crippen molar-refractivity contribution in [3.63, 3.8) is 0 Å². The molecule has 3 N–H and O–H groups in total. The molecule has 0 spiro atoms. The van der Waals surface area contributed by atoms with E-state index in [4.69, 9.17) is 26.7 Å². The van der Waals surface area contributed by atoms with Gasteiger partial charge in [-0.05, 0) is 18.2 Å². The average molecular weight is 192 g/mol. The summed E-state index contributed by atoms with van der Waals surface area (Å²) in [6.45, 7) is 0. The van der Waals surface area contributed by atoms with Gasteiger partial charge in [0.25, 0.3) is 0 Å². The molecule has 0 unspecified atom stereocenters. The third-order valence-corrected chi connectivity index (χ3v) is 1.02. The normalized spacial score (nSPS) is 8.42. The molecule has 0 saturated carbocycles. The van der Waals surface area contributed by atoms with Crippen molar-refractivity contribution in [1.82, 2.24) is 0 Å². The molecule has 0 bridgehead atoms. The van der Waals surface area contributed by atoms with Gasteiger partial charge in [0.05, 0.1) is 0 Å². The molecule has 1 aromatic rings. The monoisotopic (exact) mass is 192 g/mol. The van der Waals surface area contributed by atoms with E-state index >= 15 is 0 Å². The first-order valence-electron chi connectivity index (χ1n) is 2.97. The quantitative estimate of drug-likeness (QED) is 0.522. The Labute approximate surface area is 74.2 Å². The highest BCUT2D eigenvalue weighted by Crippen LogP contribution is 2.07. The van der Waals surface area contributed by atoms with Crippen LogP contribution in [0, 0.1) is 5.82 Å². The Morgan fingerprint density at radius 3 is 2.00 bits per heavy atom. The lowest BCUT2D eigenvalue weighted by Gasteiger charge is -1.85. The summed E-state index contributed by atoms with van der Waals surface area (Å²) in [5.41, 5.74) is 0. The molecule has 0 heterocycles. The molecule has 0 atom stereocenters. The Morgan fingerprint density at radius 1 is 1.25 bits per heavy atom. The second-order valence-corrected chi connectivity index (χ2v) is 2.22. The first kappa shape index (κ1) is 11.4. The van der Waals surface area contributed by atoms with Gasteiger partial charge in [0.2, 0.25) is 0 Å². The predicted molar refractivity (Wildman–Crippen MR) is 43.8 cm³/mol. The fourth-order valence-corrected chi connectivity index (χ4v) is 0.637. The van der Waals surface area contributed by atoms with Crippen LogP contribution in [0.25, 0.3) is 0 Å². The average Bonchev–Trinajstić information content (AvgIpc) is 1.84. The Balaban J connectivity index is 0.000000261. The van der Waals surface area contributed by atoms with Crippen molar-refractivity contribution in [1.29, 1.82) is 0 Å². The molecule has 3 nitrogen and oxygen atoms in total. The van der Waals surface area contributed by atoms with Crippen molar-refractivity contribution in [3.05, 3.63) is 35.1 Å². The van der Waals surface area contributed by atoms with Gasteiger partial charge in [-0.1, -0.05) is 17.7 Å². The second-order valence-electron chi connectivity index (χ2n) is 1.79. The van der Waals surface area contributed by atoms with E-state index < -0.39 is 7.32 Å². The van der Waals surface area contributed by atoms with E-state index in [2.05, 4.69) is 0 Å². The molecule has 0 aliphatic rings. The number of hydrogen-bond donors (Lipinski definition) is 3. The molecule has 66 valence electrons. The maximum Gasteiger partial charge on any atom is 0.631 e. The molecule has 12 heavy (non-hydrogen) atoms. The van der Waals surface area contributed by atoms with E-state index in [1.165, 1.54) is 12.1 Å². The topological polar surface area (TPSA) is 60.7 Å². The minimum absolute atomic E-state index is 0.294. The van der Waals surface area contributed by atoms with Crippen LogP contribution < -0.4 is 0 Å². The summed E-state index contributed by atoms with van der Waals surface area (Å²) in [5, 5.41) is 21.9. The van der Waals surface area contributed by atoms with E-state index in [0.29, 0.717) is 5.02 Å². The molecule has 0 fully saturated rings. The highest BCUT2D eigenvalue weighted by atomic mass is 35.5. The van der Waals surface area contributed by atoms with Crippen LogP contribution in [0.2, 0.25) is 5.02 Å². The molecule has 1 rings (SSSR count). The molecular weight excluding hydrogens is 185 g/mol.